The summed E-state index contributed by atoms with van der Waals surface area (Å²) in [4.78, 5) is 11.6. The predicted octanol–water partition coefficient (Wildman–Crippen LogP) is 5.04. The van der Waals surface area contributed by atoms with Crippen LogP contribution >= 0.6 is 23.1 Å². The fraction of sp³-hybridized carbons (Fsp3) is 0.667. The summed E-state index contributed by atoms with van der Waals surface area (Å²) in [7, 11) is 0. The highest BCUT2D eigenvalue weighted by Crippen LogP contribution is 2.39. The van der Waals surface area contributed by atoms with E-state index in [-0.39, 0.29) is 6.10 Å². The van der Waals surface area contributed by atoms with E-state index in [9.17, 15) is 0 Å². The molecule has 0 saturated heterocycles. The molecule has 0 aliphatic carbocycles. The van der Waals surface area contributed by atoms with Gasteiger partial charge in [-0.3, -0.25) is 0 Å². The Kier molecular flexibility index (Phi) is 6.00. The Morgan fingerprint density at radius 1 is 1.29 bits per heavy atom. The number of thioether (sulfide) groups is 1. The maximum Gasteiger partial charge on any atom is 0.190 e. The van der Waals surface area contributed by atoms with Crippen LogP contribution < -0.4 is 5.73 Å². The minimum Gasteiger partial charge on any atom is -0.383 e. The number of hydrogen-bond donors (Lipinski definition) is 1. The van der Waals surface area contributed by atoms with Gasteiger partial charge in [0.1, 0.15) is 10.6 Å². The average Bonchev–Trinajstić information content (AvgIpc) is 2.92. The van der Waals surface area contributed by atoms with Gasteiger partial charge in [-0.05, 0) is 17.9 Å². The molecule has 0 spiro atoms. The zero-order valence-electron chi connectivity index (χ0n) is 14.8. The van der Waals surface area contributed by atoms with Crippen LogP contribution in [0.5, 0.6) is 0 Å². The fourth-order valence-corrected chi connectivity index (χ4v) is 5.11. The SMILES string of the molecule is CCCCCCSc1nc(N)c2c3c(sc2n1)CO[C@@H](C(C)C)C3. The maximum absolute atomic E-state index is 6.30. The van der Waals surface area contributed by atoms with Gasteiger partial charge in [-0.2, -0.15) is 0 Å². The standard InChI is InChI=1S/C18H27N3OS2/c1-4-5-6-7-8-23-18-20-16(19)15-12-9-13(11(2)3)22-10-14(12)24-17(15)21-18/h11,13H,4-10H2,1-3H3,(H2,19,20,21)/t13-/m1/s1. The molecule has 0 unspecified atom stereocenters. The lowest BCUT2D eigenvalue weighted by Gasteiger charge is -2.26. The van der Waals surface area contributed by atoms with Crippen LogP contribution in [0.2, 0.25) is 0 Å². The van der Waals surface area contributed by atoms with Crippen LogP contribution in [-0.4, -0.2) is 21.8 Å². The molecule has 1 atom stereocenters. The number of nitrogens with zero attached hydrogens (tertiary/aromatic N) is 2. The monoisotopic (exact) mass is 365 g/mol. The fourth-order valence-electron chi connectivity index (χ4n) is 3.07. The second-order valence-electron chi connectivity index (χ2n) is 6.78. The largest absolute Gasteiger partial charge is 0.383 e. The summed E-state index contributed by atoms with van der Waals surface area (Å²) in [5, 5.41) is 1.88. The summed E-state index contributed by atoms with van der Waals surface area (Å²) >= 11 is 3.44. The highest BCUT2D eigenvalue weighted by atomic mass is 32.2. The number of anilines is 1. The van der Waals surface area contributed by atoms with E-state index in [4.69, 9.17) is 15.5 Å². The van der Waals surface area contributed by atoms with Crippen molar-refractivity contribution < 1.29 is 4.74 Å². The van der Waals surface area contributed by atoms with Gasteiger partial charge in [0, 0.05) is 17.1 Å². The molecule has 132 valence electrons. The first-order valence-electron chi connectivity index (χ1n) is 8.92. The van der Waals surface area contributed by atoms with Gasteiger partial charge >= 0.3 is 0 Å². The van der Waals surface area contributed by atoms with Crippen molar-refractivity contribution in [2.75, 3.05) is 11.5 Å². The lowest BCUT2D eigenvalue weighted by molar-refractivity contribution is 0.00203. The normalized spacial score (nSPS) is 17.6. The zero-order chi connectivity index (χ0) is 17.1. The van der Waals surface area contributed by atoms with E-state index in [0.29, 0.717) is 18.3 Å². The van der Waals surface area contributed by atoms with Crippen molar-refractivity contribution in [2.45, 2.75) is 70.7 Å². The number of aromatic nitrogens is 2. The lowest BCUT2D eigenvalue weighted by atomic mass is 9.96. The van der Waals surface area contributed by atoms with Crippen molar-refractivity contribution in [3.05, 3.63) is 10.4 Å². The smallest absolute Gasteiger partial charge is 0.190 e. The van der Waals surface area contributed by atoms with Crippen molar-refractivity contribution in [3.63, 3.8) is 0 Å². The van der Waals surface area contributed by atoms with Crippen LogP contribution in [0.3, 0.4) is 0 Å². The number of fused-ring (bicyclic) bond motifs is 3. The van der Waals surface area contributed by atoms with Gasteiger partial charge in [0.2, 0.25) is 0 Å². The Morgan fingerprint density at radius 2 is 2.12 bits per heavy atom. The third-order valence-electron chi connectivity index (χ3n) is 4.55. The van der Waals surface area contributed by atoms with Crippen molar-refractivity contribution in [2.24, 2.45) is 5.92 Å². The summed E-state index contributed by atoms with van der Waals surface area (Å²) in [6.45, 7) is 7.32. The van der Waals surface area contributed by atoms with E-state index in [2.05, 4.69) is 25.8 Å². The van der Waals surface area contributed by atoms with Crippen LogP contribution in [0, 0.1) is 5.92 Å². The minimum absolute atomic E-state index is 0.266. The number of ether oxygens (including phenoxy) is 1. The van der Waals surface area contributed by atoms with Crippen molar-refractivity contribution in [1.29, 1.82) is 0 Å². The molecule has 2 aromatic rings. The summed E-state index contributed by atoms with van der Waals surface area (Å²) in [6, 6.07) is 0. The molecule has 3 rings (SSSR count). The Labute approximate surface area is 152 Å². The molecule has 0 aromatic carbocycles. The van der Waals surface area contributed by atoms with Gasteiger partial charge in [-0.15, -0.1) is 11.3 Å². The van der Waals surface area contributed by atoms with Crippen LogP contribution in [0.4, 0.5) is 5.82 Å². The van der Waals surface area contributed by atoms with Crippen LogP contribution in [0.25, 0.3) is 10.2 Å². The molecule has 0 radical (unpaired) electrons. The zero-order valence-corrected chi connectivity index (χ0v) is 16.4. The van der Waals surface area contributed by atoms with E-state index >= 15 is 0 Å². The molecule has 24 heavy (non-hydrogen) atoms. The molecule has 2 aromatic heterocycles. The Balaban J connectivity index is 1.78. The molecule has 1 aliphatic heterocycles. The summed E-state index contributed by atoms with van der Waals surface area (Å²) in [5.41, 5.74) is 7.62. The minimum atomic E-state index is 0.266. The number of thiophene rings is 1. The van der Waals surface area contributed by atoms with Crippen molar-refractivity contribution in [3.8, 4) is 0 Å². The number of nitrogens with two attached hydrogens (primary N) is 1. The molecule has 6 heteroatoms. The van der Waals surface area contributed by atoms with Crippen molar-refractivity contribution >= 4 is 39.1 Å². The molecule has 4 nitrogen and oxygen atoms in total. The third-order valence-corrected chi connectivity index (χ3v) is 6.58. The topological polar surface area (TPSA) is 61.0 Å². The highest BCUT2D eigenvalue weighted by molar-refractivity contribution is 7.99. The third kappa shape index (κ3) is 3.86. The molecule has 0 bridgehead atoms. The summed E-state index contributed by atoms with van der Waals surface area (Å²) < 4.78 is 5.98. The van der Waals surface area contributed by atoms with Gasteiger partial charge in [-0.25, -0.2) is 9.97 Å². The van der Waals surface area contributed by atoms with Gasteiger partial charge in [0.15, 0.2) is 5.16 Å². The van der Waals surface area contributed by atoms with Gasteiger partial charge < -0.3 is 10.5 Å². The van der Waals surface area contributed by atoms with E-state index < -0.39 is 0 Å². The quantitative estimate of drug-likeness (QED) is 0.423. The summed E-state index contributed by atoms with van der Waals surface area (Å²) in [5.74, 6) is 2.21. The van der Waals surface area contributed by atoms with Crippen molar-refractivity contribution in [1.82, 2.24) is 9.97 Å². The first-order valence-corrected chi connectivity index (χ1v) is 10.7. The van der Waals surface area contributed by atoms with Gasteiger partial charge in [0.05, 0.1) is 18.1 Å². The molecule has 0 fully saturated rings. The lowest BCUT2D eigenvalue weighted by Crippen LogP contribution is -2.26. The number of unbranched alkanes of at least 4 members (excludes halogenated alkanes) is 3. The molecule has 1 aliphatic rings. The number of nitrogen functional groups attached to an aromatic ring is 1. The first-order chi connectivity index (χ1) is 11.6. The molecule has 3 heterocycles. The number of rotatable bonds is 7. The highest BCUT2D eigenvalue weighted by Gasteiger charge is 2.27. The van der Waals surface area contributed by atoms with E-state index in [1.807, 2.05) is 0 Å². The Morgan fingerprint density at radius 3 is 2.88 bits per heavy atom. The first kappa shape index (κ1) is 18.0. The summed E-state index contributed by atoms with van der Waals surface area (Å²) in [6.07, 6.45) is 6.25. The van der Waals surface area contributed by atoms with E-state index in [0.717, 1.165) is 27.5 Å². The Hall–Kier alpha value is -0.850. The second-order valence-corrected chi connectivity index (χ2v) is 8.93. The molecule has 0 amide bonds. The number of hydrogen-bond acceptors (Lipinski definition) is 6. The second kappa shape index (κ2) is 8.02. The van der Waals surface area contributed by atoms with Gasteiger partial charge in [-0.1, -0.05) is 51.8 Å². The Bertz CT molecular complexity index is 699. The van der Waals surface area contributed by atoms with Crippen LogP contribution in [0.1, 0.15) is 56.9 Å². The van der Waals surface area contributed by atoms with E-state index in [1.54, 1.807) is 23.1 Å². The molecule has 2 N–H and O–H groups in total. The predicted molar refractivity (Wildman–Crippen MR) is 104 cm³/mol. The van der Waals surface area contributed by atoms with Crippen LogP contribution in [0.15, 0.2) is 5.16 Å². The molecular formula is C18H27N3OS2. The maximum atomic E-state index is 6.30. The van der Waals surface area contributed by atoms with Crippen LogP contribution in [-0.2, 0) is 17.8 Å². The molecule has 0 saturated carbocycles. The average molecular weight is 366 g/mol. The van der Waals surface area contributed by atoms with E-state index in [1.165, 1.54) is 36.1 Å². The van der Waals surface area contributed by atoms with Gasteiger partial charge in [0.25, 0.3) is 0 Å². The molecular weight excluding hydrogens is 338 g/mol.